The van der Waals surface area contributed by atoms with Crippen molar-refractivity contribution in [3.8, 4) is 0 Å². The molecule has 17 heavy (non-hydrogen) atoms. The van der Waals surface area contributed by atoms with Gasteiger partial charge in [-0.15, -0.1) is 0 Å². The largest absolute Gasteiger partial charge is 0.396 e. The molecule has 0 spiro atoms. The van der Waals surface area contributed by atoms with Crippen LogP contribution in [0.2, 0.25) is 0 Å². The Morgan fingerprint density at radius 3 is 3.00 bits per heavy atom. The lowest BCUT2D eigenvalue weighted by molar-refractivity contribution is -0.123. The average Bonchev–Trinajstić information content (AvgIpc) is 2.73. The van der Waals surface area contributed by atoms with Gasteiger partial charge in [-0.3, -0.25) is 9.48 Å². The van der Waals surface area contributed by atoms with Gasteiger partial charge in [-0.05, 0) is 19.4 Å². The van der Waals surface area contributed by atoms with Gasteiger partial charge in [0.1, 0.15) is 0 Å². The van der Waals surface area contributed by atoms with Gasteiger partial charge >= 0.3 is 0 Å². The molecule has 0 saturated carbocycles. The summed E-state index contributed by atoms with van der Waals surface area (Å²) < 4.78 is 1.82. The molecule has 6 nitrogen and oxygen atoms in total. The lowest BCUT2D eigenvalue weighted by atomic mass is 9.97. The number of nitrogen functional groups attached to an aromatic ring is 1. The number of hydrogen-bond donors (Lipinski definition) is 2. The summed E-state index contributed by atoms with van der Waals surface area (Å²) in [5.74, 6) is -0.176. The van der Waals surface area contributed by atoms with Gasteiger partial charge in [-0.25, -0.2) is 0 Å². The summed E-state index contributed by atoms with van der Waals surface area (Å²) >= 11 is 0. The van der Waals surface area contributed by atoms with E-state index in [0.717, 1.165) is 39.0 Å². The number of likely N-dealkylation sites (tertiary alicyclic amines) is 1. The zero-order valence-electron chi connectivity index (χ0n) is 9.88. The maximum Gasteiger partial charge on any atom is 0.221 e. The fourth-order valence-electron chi connectivity index (χ4n) is 2.24. The number of nitrogens with two attached hydrogens (primary N) is 2. The van der Waals surface area contributed by atoms with Gasteiger partial charge in [0.05, 0.1) is 24.3 Å². The highest BCUT2D eigenvalue weighted by molar-refractivity contribution is 5.76. The summed E-state index contributed by atoms with van der Waals surface area (Å²) in [5, 5.41) is 4.13. The average molecular weight is 237 g/mol. The molecule has 1 aliphatic rings. The molecule has 0 aliphatic carbocycles. The molecule has 2 heterocycles. The molecule has 1 amide bonds. The lowest BCUT2D eigenvalue weighted by Gasteiger charge is -2.30. The smallest absolute Gasteiger partial charge is 0.221 e. The maximum absolute atomic E-state index is 11.1. The summed E-state index contributed by atoms with van der Waals surface area (Å²) in [4.78, 5) is 13.4. The molecule has 1 aromatic rings. The lowest BCUT2D eigenvalue weighted by Crippen LogP contribution is -2.42. The molecule has 1 atom stereocenters. The van der Waals surface area contributed by atoms with E-state index in [4.69, 9.17) is 11.5 Å². The Hall–Kier alpha value is -1.56. The van der Waals surface area contributed by atoms with E-state index in [1.54, 1.807) is 6.20 Å². The van der Waals surface area contributed by atoms with E-state index < -0.39 is 0 Å². The number of nitrogens with zero attached hydrogens (tertiary/aromatic N) is 3. The van der Waals surface area contributed by atoms with Crippen LogP contribution < -0.4 is 11.5 Å². The fraction of sp³-hybridized carbons (Fsp3) is 0.636. The first-order chi connectivity index (χ1) is 8.15. The predicted octanol–water partition coefficient (Wildman–Crippen LogP) is -0.337. The first kappa shape index (κ1) is 11.9. The number of primary amides is 1. The van der Waals surface area contributed by atoms with Gasteiger partial charge in [0.2, 0.25) is 5.91 Å². The number of rotatable bonds is 4. The van der Waals surface area contributed by atoms with Gasteiger partial charge in [0.25, 0.3) is 0 Å². The monoisotopic (exact) mass is 237 g/mol. The van der Waals surface area contributed by atoms with E-state index in [1.165, 1.54) is 0 Å². The van der Waals surface area contributed by atoms with E-state index in [0.29, 0.717) is 5.69 Å². The summed E-state index contributed by atoms with van der Waals surface area (Å²) in [6.07, 6.45) is 5.41. The number of amides is 1. The zero-order valence-corrected chi connectivity index (χ0v) is 9.88. The topological polar surface area (TPSA) is 90.2 Å². The zero-order chi connectivity index (χ0) is 12.3. The van der Waals surface area contributed by atoms with Gasteiger partial charge in [0, 0.05) is 19.3 Å². The molecule has 0 aromatic carbocycles. The Kier molecular flexibility index (Phi) is 3.63. The minimum atomic E-state index is -0.182. The number of anilines is 1. The molecule has 1 aliphatic heterocycles. The number of carbonyl (C=O) groups is 1. The molecular weight excluding hydrogens is 218 g/mol. The highest BCUT2D eigenvalue weighted by Gasteiger charge is 2.23. The molecule has 1 unspecified atom stereocenters. The first-order valence-corrected chi connectivity index (χ1v) is 5.95. The van der Waals surface area contributed by atoms with Crippen molar-refractivity contribution in [1.29, 1.82) is 0 Å². The highest BCUT2D eigenvalue weighted by atomic mass is 16.1. The van der Waals surface area contributed by atoms with Gasteiger partial charge in [-0.2, -0.15) is 5.10 Å². The molecule has 6 heteroatoms. The quantitative estimate of drug-likeness (QED) is 0.749. The summed E-state index contributed by atoms with van der Waals surface area (Å²) in [6.45, 7) is 3.47. The number of piperidine rings is 1. The molecule has 94 valence electrons. The molecule has 4 N–H and O–H groups in total. The van der Waals surface area contributed by atoms with Crippen LogP contribution in [0.25, 0.3) is 0 Å². The first-order valence-electron chi connectivity index (χ1n) is 5.95. The van der Waals surface area contributed by atoms with Crippen molar-refractivity contribution in [2.45, 2.75) is 19.4 Å². The molecular formula is C11H19N5O. The third-order valence-electron chi connectivity index (χ3n) is 3.21. The molecule has 0 bridgehead atoms. The van der Waals surface area contributed by atoms with Crippen LogP contribution in [0.5, 0.6) is 0 Å². The predicted molar refractivity (Wildman–Crippen MR) is 65.0 cm³/mol. The third-order valence-corrected chi connectivity index (χ3v) is 3.21. The second-order valence-electron chi connectivity index (χ2n) is 4.58. The summed E-state index contributed by atoms with van der Waals surface area (Å²) in [7, 11) is 0. The standard InChI is InChI=1S/C11H19N5O/c12-10-6-14-16(8-10)5-4-15-3-1-2-9(7-15)11(13)17/h6,8-9H,1-5,7,12H2,(H2,13,17). The highest BCUT2D eigenvalue weighted by Crippen LogP contribution is 2.15. The van der Waals surface area contributed by atoms with E-state index in [9.17, 15) is 4.79 Å². The summed E-state index contributed by atoms with van der Waals surface area (Å²) in [5.41, 5.74) is 11.6. The number of aromatic nitrogens is 2. The number of hydrogen-bond acceptors (Lipinski definition) is 4. The SMILES string of the molecule is NC(=O)C1CCCN(CCn2cc(N)cn2)C1. The van der Waals surface area contributed by atoms with Crippen LogP contribution in [-0.4, -0.2) is 40.2 Å². The summed E-state index contributed by atoms with van der Waals surface area (Å²) in [6, 6.07) is 0. The Labute approximate surface area is 101 Å². The van der Waals surface area contributed by atoms with Crippen LogP contribution in [0.3, 0.4) is 0 Å². The molecule has 0 radical (unpaired) electrons. The molecule has 1 fully saturated rings. The second kappa shape index (κ2) is 5.18. The van der Waals surface area contributed by atoms with E-state index in [2.05, 4.69) is 10.00 Å². The van der Waals surface area contributed by atoms with E-state index in [1.807, 2.05) is 10.9 Å². The van der Waals surface area contributed by atoms with Crippen molar-refractivity contribution in [3.05, 3.63) is 12.4 Å². The Balaban J connectivity index is 1.81. The molecule has 1 saturated heterocycles. The minimum Gasteiger partial charge on any atom is -0.396 e. The van der Waals surface area contributed by atoms with Crippen LogP contribution in [0.15, 0.2) is 12.4 Å². The van der Waals surface area contributed by atoms with Crippen LogP contribution >= 0.6 is 0 Å². The number of carbonyl (C=O) groups excluding carboxylic acids is 1. The van der Waals surface area contributed by atoms with Gasteiger partial charge in [-0.1, -0.05) is 0 Å². The van der Waals surface area contributed by atoms with Crippen LogP contribution in [-0.2, 0) is 11.3 Å². The van der Waals surface area contributed by atoms with Crippen molar-refractivity contribution < 1.29 is 4.79 Å². The van der Waals surface area contributed by atoms with E-state index >= 15 is 0 Å². The third kappa shape index (κ3) is 3.20. The molecule has 1 aromatic heterocycles. The van der Waals surface area contributed by atoms with Gasteiger partial charge < -0.3 is 16.4 Å². The van der Waals surface area contributed by atoms with Crippen molar-refractivity contribution in [3.63, 3.8) is 0 Å². The Morgan fingerprint density at radius 1 is 1.53 bits per heavy atom. The van der Waals surface area contributed by atoms with Crippen molar-refractivity contribution >= 4 is 11.6 Å². The maximum atomic E-state index is 11.1. The fourth-order valence-corrected chi connectivity index (χ4v) is 2.24. The Bertz CT molecular complexity index is 389. The van der Waals surface area contributed by atoms with Crippen molar-refractivity contribution in [2.75, 3.05) is 25.4 Å². The van der Waals surface area contributed by atoms with Gasteiger partial charge in [0.15, 0.2) is 0 Å². The second-order valence-corrected chi connectivity index (χ2v) is 4.58. The van der Waals surface area contributed by atoms with E-state index in [-0.39, 0.29) is 11.8 Å². The van der Waals surface area contributed by atoms with Crippen LogP contribution in [0.4, 0.5) is 5.69 Å². The molecule has 2 rings (SSSR count). The van der Waals surface area contributed by atoms with Crippen LogP contribution in [0, 0.1) is 5.92 Å². The minimum absolute atomic E-state index is 0.00596. The Morgan fingerprint density at radius 2 is 2.35 bits per heavy atom. The normalized spacial score (nSPS) is 21.5. The van der Waals surface area contributed by atoms with Crippen molar-refractivity contribution in [1.82, 2.24) is 14.7 Å². The van der Waals surface area contributed by atoms with Crippen LogP contribution in [0.1, 0.15) is 12.8 Å². The van der Waals surface area contributed by atoms with Crippen molar-refractivity contribution in [2.24, 2.45) is 11.7 Å².